The van der Waals surface area contributed by atoms with Crippen molar-refractivity contribution in [2.45, 2.75) is 20.3 Å². The van der Waals surface area contributed by atoms with Crippen molar-refractivity contribution in [2.75, 3.05) is 11.9 Å². The van der Waals surface area contributed by atoms with Crippen LogP contribution in [0.15, 0.2) is 48.5 Å². The van der Waals surface area contributed by atoms with Crippen LogP contribution in [0.2, 0.25) is 0 Å². The summed E-state index contributed by atoms with van der Waals surface area (Å²) in [7, 11) is 0. The van der Waals surface area contributed by atoms with Crippen molar-refractivity contribution >= 4 is 23.1 Å². The SMILES string of the molecule is Cc1ccc(NC(=O)NCCc2sc(-c3cccc(F)c3)nc2C)cc1. The van der Waals surface area contributed by atoms with E-state index >= 15 is 0 Å². The van der Waals surface area contributed by atoms with E-state index in [1.807, 2.05) is 44.2 Å². The number of rotatable bonds is 5. The Bertz CT molecular complexity index is 906. The quantitative estimate of drug-likeness (QED) is 0.670. The summed E-state index contributed by atoms with van der Waals surface area (Å²) in [5.41, 5.74) is 3.59. The van der Waals surface area contributed by atoms with Crippen LogP contribution in [0.4, 0.5) is 14.9 Å². The molecule has 0 aliphatic rings. The number of anilines is 1. The molecule has 0 aliphatic carbocycles. The van der Waals surface area contributed by atoms with Gasteiger partial charge in [-0.3, -0.25) is 0 Å². The minimum atomic E-state index is -0.272. The average molecular weight is 369 g/mol. The van der Waals surface area contributed by atoms with Gasteiger partial charge in [0.1, 0.15) is 10.8 Å². The van der Waals surface area contributed by atoms with E-state index in [2.05, 4.69) is 15.6 Å². The smallest absolute Gasteiger partial charge is 0.319 e. The molecule has 3 rings (SSSR count). The Morgan fingerprint density at radius 2 is 1.92 bits per heavy atom. The Morgan fingerprint density at radius 1 is 1.15 bits per heavy atom. The molecule has 0 bridgehead atoms. The third-order valence-electron chi connectivity index (χ3n) is 3.91. The molecule has 2 N–H and O–H groups in total. The summed E-state index contributed by atoms with van der Waals surface area (Å²) >= 11 is 1.53. The lowest BCUT2D eigenvalue weighted by Crippen LogP contribution is -2.30. The lowest BCUT2D eigenvalue weighted by atomic mass is 10.2. The van der Waals surface area contributed by atoms with Gasteiger partial charge < -0.3 is 10.6 Å². The van der Waals surface area contributed by atoms with Gasteiger partial charge in [0.05, 0.1) is 5.69 Å². The molecular formula is C20H20FN3OS. The van der Waals surface area contributed by atoms with Crippen LogP contribution >= 0.6 is 11.3 Å². The second-order valence-electron chi connectivity index (χ2n) is 6.03. The molecule has 0 saturated heterocycles. The fourth-order valence-electron chi connectivity index (χ4n) is 2.51. The summed E-state index contributed by atoms with van der Waals surface area (Å²) in [6.07, 6.45) is 0.681. The van der Waals surface area contributed by atoms with E-state index in [-0.39, 0.29) is 11.8 Å². The molecule has 0 radical (unpaired) electrons. The van der Waals surface area contributed by atoms with Crippen molar-refractivity contribution in [2.24, 2.45) is 0 Å². The molecule has 3 aromatic rings. The maximum Gasteiger partial charge on any atom is 0.319 e. The summed E-state index contributed by atoms with van der Waals surface area (Å²) in [4.78, 5) is 17.6. The molecule has 4 nitrogen and oxygen atoms in total. The highest BCUT2D eigenvalue weighted by molar-refractivity contribution is 7.15. The first-order chi connectivity index (χ1) is 12.5. The molecule has 0 spiro atoms. The second-order valence-corrected chi connectivity index (χ2v) is 7.12. The van der Waals surface area contributed by atoms with Gasteiger partial charge in [0, 0.05) is 29.1 Å². The van der Waals surface area contributed by atoms with Crippen molar-refractivity contribution in [3.8, 4) is 10.6 Å². The number of hydrogen-bond acceptors (Lipinski definition) is 3. The lowest BCUT2D eigenvalue weighted by Gasteiger charge is -2.07. The zero-order chi connectivity index (χ0) is 18.5. The zero-order valence-corrected chi connectivity index (χ0v) is 15.5. The minimum Gasteiger partial charge on any atom is -0.338 e. The van der Waals surface area contributed by atoms with Gasteiger partial charge in [-0.15, -0.1) is 11.3 Å². The summed E-state index contributed by atoms with van der Waals surface area (Å²) in [6, 6.07) is 13.8. The molecule has 0 fully saturated rings. The van der Waals surface area contributed by atoms with E-state index in [1.54, 1.807) is 6.07 Å². The number of benzene rings is 2. The molecule has 134 valence electrons. The number of nitrogens with one attached hydrogen (secondary N) is 2. The molecule has 1 aromatic heterocycles. The molecular weight excluding hydrogens is 349 g/mol. The highest BCUT2D eigenvalue weighted by atomic mass is 32.1. The van der Waals surface area contributed by atoms with Gasteiger partial charge in [-0.25, -0.2) is 14.2 Å². The second kappa shape index (κ2) is 8.10. The lowest BCUT2D eigenvalue weighted by molar-refractivity contribution is 0.252. The fraction of sp³-hybridized carbons (Fsp3) is 0.200. The Kier molecular flexibility index (Phi) is 5.63. The van der Waals surface area contributed by atoms with Crippen molar-refractivity contribution in [1.82, 2.24) is 10.3 Å². The number of carbonyl (C=O) groups excluding carboxylic acids is 1. The van der Waals surface area contributed by atoms with Crippen LogP contribution in [0.25, 0.3) is 10.6 Å². The highest BCUT2D eigenvalue weighted by Gasteiger charge is 2.10. The van der Waals surface area contributed by atoms with Crippen LogP contribution < -0.4 is 10.6 Å². The molecule has 0 saturated carbocycles. The largest absolute Gasteiger partial charge is 0.338 e. The topological polar surface area (TPSA) is 54.0 Å². The van der Waals surface area contributed by atoms with Crippen LogP contribution in [-0.4, -0.2) is 17.6 Å². The van der Waals surface area contributed by atoms with E-state index in [4.69, 9.17) is 0 Å². The first-order valence-corrected chi connectivity index (χ1v) is 9.16. The molecule has 6 heteroatoms. The van der Waals surface area contributed by atoms with E-state index in [0.29, 0.717) is 13.0 Å². The number of thiazole rings is 1. The first kappa shape index (κ1) is 18.1. The van der Waals surface area contributed by atoms with Gasteiger partial charge in [-0.2, -0.15) is 0 Å². The zero-order valence-electron chi connectivity index (χ0n) is 14.7. The predicted octanol–water partition coefficient (Wildman–Crippen LogP) is 4.93. The highest BCUT2D eigenvalue weighted by Crippen LogP contribution is 2.28. The van der Waals surface area contributed by atoms with Gasteiger partial charge in [-0.1, -0.05) is 29.8 Å². The molecule has 1 heterocycles. The van der Waals surface area contributed by atoms with Crippen molar-refractivity contribution < 1.29 is 9.18 Å². The predicted molar refractivity (Wildman–Crippen MR) is 104 cm³/mol. The number of hydrogen-bond donors (Lipinski definition) is 2. The number of halogens is 1. The van der Waals surface area contributed by atoms with Crippen molar-refractivity contribution in [3.05, 3.63) is 70.5 Å². The van der Waals surface area contributed by atoms with Gasteiger partial charge >= 0.3 is 6.03 Å². The average Bonchev–Trinajstić information content (AvgIpc) is 2.98. The number of aryl methyl sites for hydroxylation is 2. The monoisotopic (exact) mass is 369 g/mol. The van der Waals surface area contributed by atoms with Crippen LogP contribution in [-0.2, 0) is 6.42 Å². The third kappa shape index (κ3) is 4.67. The Labute approximate surface area is 156 Å². The van der Waals surface area contributed by atoms with E-state index < -0.39 is 0 Å². The number of urea groups is 1. The molecule has 0 unspecified atom stereocenters. The maximum atomic E-state index is 13.4. The first-order valence-electron chi connectivity index (χ1n) is 8.35. The van der Waals surface area contributed by atoms with Gasteiger partial charge in [-0.05, 0) is 38.1 Å². The van der Waals surface area contributed by atoms with E-state index in [0.717, 1.165) is 32.4 Å². The summed E-state index contributed by atoms with van der Waals surface area (Å²) in [5.74, 6) is -0.272. The van der Waals surface area contributed by atoms with Crippen molar-refractivity contribution in [3.63, 3.8) is 0 Å². The molecule has 0 atom stereocenters. The summed E-state index contributed by atoms with van der Waals surface area (Å²) < 4.78 is 13.4. The minimum absolute atomic E-state index is 0.235. The van der Waals surface area contributed by atoms with Gasteiger partial charge in [0.25, 0.3) is 0 Å². The van der Waals surface area contributed by atoms with Crippen LogP contribution in [0, 0.1) is 19.7 Å². The molecule has 26 heavy (non-hydrogen) atoms. The van der Waals surface area contributed by atoms with Crippen LogP contribution in [0.3, 0.4) is 0 Å². The maximum absolute atomic E-state index is 13.4. The Balaban J connectivity index is 1.55. The third-order valence-corrected chi connectivity index (χ3v) is 5.18. The number of nitrogens with zero attached hydrogens (tertiary/aromatic N) is 1. The number of aromatic nitrogens is 1. The number of amides is 2. The molecule has 2 amide bonds. The molecule has 0 aliphatic heterocycles. The van der Waals surface area contributed by atoms with Crippen LogP contribution in [0.5, 0.6) is 0 Å². The Morgan fingerprint density at radius 3 is 2.65 bits per heavy atom. The van der Waals surface area contributed by atoms with E-state index in [1.165, 1.54) is 23.5 Å². The van der Waals surface area contributed by atoms with Crippen LogP contribution in [0.1, 0.15) is 16.1 Å². The standard InChI is InChI=1S/C20H20FN3OS/c1-13-6-8-17(9-7-13)24-20(25)22-11-10-18-14(2)23-19(26-18)15-4-3-5-16(21)12-15/h3-9,12H,10-11H2,1-2H3,(H2,22,24,25). The fourth-order valence-corrected chi connectivity index (χ4v) is 3.56. The van der Waals surface area contributed by atoms with Crippen molar-refractivity contribution in [1.29, 1.82) is 0 Å². The van der Waals surface area contributed by atoms with Gasteiger partial charge in [0.2, 0.25) is 0 Å². The molecule has 2 aromatic carbocycles. The number of carbonyl (C=O) groups is 1. The van der Waals surface area contributed by atoms with E-state index in [9.17, 15) is 9.18 Å². The summed E-state index contributed by atoms with van der Waals surface area (Å²) in [5, 5.41) is 6.44. The normalized spacial score (nSPS) is 10.6. The van der Waals surface area contributed by atoms with Gasteiger partial charge in [0.15, 0.2) is 0 Å². The summed E-state index contributed by atoms with van der Waals surface area (Å²) in [6.45, 7) is 4.43. The Hall–Kier alpha value is -2.73.